The van der Waals surface area contributed by atoms with Gasteiger partial charge in [-0.05, 0) is 51.1 Å². The van der Waals surface area contributed by atoms with E-state index in [2.05, 4.69) is 0 Å². The molecule has 3 aromatic carbocycles. The number of rotatable bonds is 5. The first-order chi connectivity index (χ1) is 14.1. The Kier molecular flexibility index (Phi) is 4.89. The smallest absolute Gasteiger partial charge is 0.340 e. The SMILES string of the molecule is CCOC(=O)c1c(C)n(-c2ccc(OCC)cc2)c2c1cc(O)c1ccccc12. The van der Waals surface area contributed by atoms with Crippen molar-refractivity contribution in [2.75, 3.05) is 13.2 Å². The van der Waals surface area contributed by atoms with Gasteiger partial charge in [0.25, 0.3) is 0 Å². The third-order valence-corrected chi connectivity index (χ3v) is 5.07. The molecule has 0 aliphatic rings. The molecule has 5 nitrogen and oxygen atoms in total. The molecule has 0 fully saturated rings. The molecule has 0 radical (unpaired) electrons. The van der Waals surface area contributed by atoms with Gasteiger partial charge in [-0.1, -0.05) is 24.3 Å². The zero-order valence-corrected chi connectivity index (χ0v) is 16.7. The molecule has 0 atom stereocenters. The van der Waals surface area contributed by atoms with Crippen molar-refractivity contribution in [2.45, 2.75) is 20.8 Å². The summed E-state index contributed by atoms with van der Waals surface area (Å²) in [6, 6.07) is 17.1. The van der Waals surface area contributed by atoms with Crippen molar-refractivity contribution in [3.05, 3.63) is 65.9 Å². The van der Waals surface area contributed by atoms with Crippen LogP contribution in [0.3, 0.4) is 0 Å². The number of ether oxygens (including phenoxy) is 2. The lowest BCUT2D eigenvalue weighted by molar-refractivity contribution is 0.0527. The first-order valence-corrected chi connectivity index (χ1v) is 9.72. The molecule has 0 amide bonds. The molecule has 0 unspecified atom stereocenters. The van der Waals surface area contributed by atoms with Gasteiger partial charge in [0.2, 0.25) is 0 Å². The van der Waals surface area contributed by atoms with Gasteiger partial charge in [0.05, 0.1) is 24.3 Å². The average Bonchev–Trinajstić information content (AvgIpc) is 3.01. The lowest BCUT2D eigenvalue weighted by Crippen LogP contribution is -2.07. The van der Waals surface area contributed by atoms with Crippen LogP contribution in [0, 0.1) is 6.92 Å². The standard InChI is InChI=1S/C24H23NO4/c1-4-28-17-12-10-16(11-13-17)25-15(3)22(24(27)29-5-2)20-14-21(26)18-8-6-7-9-19(18)23(20)25/h6-14,26H,4-5H2,1-3H3. The van der Waals surface area contributed by atoms with Gasteiger partial charge in [-0.3, -0.25) is 0 Å². The Labute approximate surface area is 169 Å². The van der Waals surface area contributed by atoms with Crippen LogP contribution >= 0.6 is 0 Å². The fourth-order valence-corrected chi connectivity index (χ4v) is 3.89. The number of esters is 1. The summed E-state index contributed by atoms with van der Waals surface area (Å²) in [5, 5.41) is 12.9. The zero-order valence-electron chi connectivity index (χ0n) is 16.7. The second-order valence-electron chi connectivity index (χ2n) is 6.78. The maximum Gasteiger partial charge on any atom is 0.340 e. The fourth-order valence-electron chi connectivity index (χ4n) is 3.89. The van der Waals surface area contributed by atoms with Crippen LogP contribution in [-0.2, 0) is 4.74 Å². The molecule has 0 spiro atoms. The maximum atomic E-state index is 12.8. The third-order valence-electron chi connectivity index (χ3n) is 5.07. The van der Waals surface area contributed by atoms with Gasteiger partial charge in [-0.15, -0.1) is 0 Å². The number of phenolic OH excluding ortho intramolecular Hbond substituents is 1. The molecule has 0 aliphatic heterocycles. The quantitative estimate of drug-likeness (QED) is 0.466. The normalized spacial score (nSPS) is 11.1. The van der Waals surface area contributed by atoms with E-state index in [0.717, 1.165) is 33.4 Å². The van der Waals surface area contributed by atoms with Crippen molar-refractivity contribution in [3.63, 3.8) is 0 Å². The second kappa shape index (κ2) is 7.51. The molecule has 4 aromatic rings. The number of nitrogens with zero attached hydrogens (tertiary/aromatic N) is 1. The number of fused-ring (bicyclic) bond motifs is 3. The minimum atomic E-state index is -0.394. The Bertz CT molecular complexity index is 1210. The molecule has 0 bridgehead atoms. The van der Waals surface area contributed by atoms with E-state index in [1.165, 1.54) is 0 Å². The molecular formula is C24H23NO4. The van der Waals surface area contributed by atoms with Gasteiger partial charge in [-0.2, -0.15) is 0 Å². The number of carbonyl (C=O) groups is 1. The summed E-state index contributed by atoms with van der Waals surface area (Å²) in [4.78, 5) is 12.8. The number of benzene rings is 3. The number of hydrogen-bond donors (Lipinski definition) is 1. The summed E-state index contributed by atoms with van der Waals surface area (Å²) < 4.78 is 12.9. The fraction of sp³-hybridized carbons (Fsp3) is 0.208. The van der Waals surface area contributed by atoms with Crippen molar-refractivity contribution < 1.29 is 19.4 Å². The largest absolute Gasteiger partial charge is 0.507 e. The Morgan fingerprint density at radius 3 is 2.31 bits per heavy atom. The predicted molar refractivity (Wildman–Crippen MR) is 114 cm³/mol. The first-order valence-electron chi connectivity index (χ1n) is 9.72. The molecule has 5 heteroatoms. The van der Waals surface area contributed by atoms with Gasteiger partial charge in [-0.25, -0.2) is 4.79 Å². The van der Waals surface area contributed by atoms with Gasteiger partial charge >= 0.3 is 5.97 Å². The minimum Gasteiger partial charge on any atom is -0.507 e. The van der Waals surface area contributed by atoms with E-state index in [9.17, 15) is 9.90 Å². The van der Waals surface area contributed by atoms with Crippen molar-refractivity contribution in [1.29, 1.82) is 0 Å². The van der Waals surface area contributed by atoms with Gasteiger partial charge < -0.3 is 19.1 Å². The van der Waals surface area contributed by atoms with Gasteiger partial charge in [0.1, 0.15) is 11.5 Å². The topological polar surface area (TPSA) is 60.7 Å². The van der Waals surface area contributed by atoms with E-state index in [0.29, 0.717) is 17.6 Å². The van der Waals surface area contributed by atoms with Crippen LogP contribution in [0.2, 0.25) is 0 Å². The first kappa shape index (κ1) is 18.9. The lowest BCUT2D eigenvalue weighted by Gasteiger charge is -2.12. The van der Waals surface area contributed by atoms with E-state index in [1.807, 2.05) is 66.9 Å². The molecule has 0 saturated heterocycles. The summed E-state index contributed by atoms with van der Waals surface area (Å²) in [5.74, 6) is 0.537. The number of hydrogen-bond acceptors (Lipinski definition) is 4. The molecule has 1 N–H and O–H groups in total. The van der Waals surface area contributed by atoms with Crippen LogP contribution in [-0.4, -0.2) is 28.9 Å². The molecule has 148 valence electrons. The molecule has 1 aromatic heterocycles. The van der Waals surface area contributed by atoms with Crippen molar-refractivity contribution >= 4 is 27.6 Å². The summed E-state index contributed by atoms with van der Waals surface area (Å²) in [6.45, 7) is 6.51. The van der Waals surface area contributed by atoms with E-state index >= 15 is 0 Å². The number of aromatic nitrogens is 1. The van der Waals surface area contributed by atoms with E-state index in [1.54, 1.807) is 13.0 Å². The van der Waals surface area contributed by atoms with E-state index in [4.69, 9.17) is 9.47 Å². The Hall–Kier alpha value is -3.47. The highest BCUT2D eigenvalue weighted by Crippen LogP contribution is 2.39. The van der Waals surface area contributed by atoms with E-state index < -0.39 is 5.97 Å². The molecule has 0 saturated carbocycles. The van der Waals surface area contributed by atoms with Crippen molar-refractivity contribution in [2.24, 2.45) is 0 Å². The zero-order chi connectivity index (χ0) is 20.5. The Morgan fingerprint density at radius 2 is 1.66 bits per heavy atom. The van der Waals surface area contributed by atoms with Crippen LogP contribution in [0.4, 0.5) is 0 Å². The van der Waals surface area contributed by atoms with Crippen LogP contribution < -0.4 is 4.74 Å². The van der Waals surface area contributed by atoms with E-state index in [-0.39, 0.29) is 12.4 Å². The van der Waals surface area contributed by atoms with Crippen molar-refractivity contribution in [1.82, 2.24) is 4.57 Å². The molecule has 29 heavy (non-hydrogen) atoms. The highest BCUT2D eigenvalue weighted by Gasteiger charge is 2.24. The number of phenols is 1. The average molecular weight is 389 g/mol. The maximum absolute atomic E-state index is 12.8. The summed E-state index contributed by atoms with van der Waals surface area (Å²) in [6.07, 6.45) is 0. The monoisotopic (exact) mass is 389 g/mol. The second-order valence-corrected chi connectivity index (χ2v) is 6.78. The summed E-state index contributed by atoms with van der Waals surface area (Å²) in [7, 11) is 0. The van der Waals surface area contributed by atoms with Crippen LogP contribution in [0.15, 0.2) is 54.6 Å². The van der Waals surface area contributed by atoms with Gasteiger partial charge in [0, 0.05) is 27.5 Å². The Balaban J connectivity index is 2.08. The highest BCUT2D eigenvalue weighted by molar-refractivity contribution is 6.16. The summed E-state index contributed by atoms with van der Waals surface area (Å²) >= 11 is 0. The van der Waals surface area contributed by atoms with Crippen LogP contribution in [0.1, 0.15) is 29.9 Å². The Morgan fingerprint density at radius 1 is 0.966 bits per heavy atom. The number of aromatic hydroxyl groups is 1. The third kappa shape index (κ3) is 3.09. The van der Waals surface area contributed by atoms with Gasteiger partial charge in [0.15, 0.2) is 0 Å². The summed E-state index contributed by atoms with van der Waals surface area (Å²) in [5.41, 5.74) is 3.00. The highest BCUT2D eigenvalue weighted by atomic mass is 16.5. The molecule has 0 aliphatic carbocycles. The minimum absolute atomic E-state index is 0.141. The number of carbonyl (C=O) groups excluding carboxylic acids is 1. The molecular weight excluding hydrogens is 366 g/mol. The van der Waals surface area contributed by atoms with Crippen LogP contribution in [0.5, 0.6) is 11.5 Å². The predicted octanol–water partition coefficient (Wildman–Crippen LogP) is 5.37. The van der Waals surface area contributed by atoms with Crippen LogP contribution in [0.25, 0.3) is 27.4 Å². The molecule has 4 rings (SSSR count). The molecule has 1 heterocycles. The van der Waals surface area contributed by atoms with Crippen molar-refractivity contribution in [3.8, 4) is 17.2 Å². The lowest BCUT2D eigenvalue weighted by atomic mass is 10.0.